The average Bonchev–Trinajstić information content (AvgIpc) is 2.40. The van der Waals surface area contributed by atoms with E-state index in [0.717, 1.165) is 0 Å². The summed E-state index contributed by atoms with van der Waals surface area (Å²) in [6.07, 6.45) is -3.61. The fraction of sp³-hybridized carbons (Fsp3) is 0.333. The zero-order chi connectivity index (χ0) is 18.9. The van der Waals surface area contributed by atoms with Gasteiger partial charge in [-0.15, -0.1) is 10.2 Å². The summed E-state index contributed by atoms with van der Waals surface area (Å²) in [7, 11) is 0. The Kier molecular flexibility index (Phi) is 7.46. The molecule has 0 aliphatic carbocycles. The lowest BCUT2D eigenvalue weighted by atomic mass is 10.5. The molecule has 0 aromatic rings. The van der Waals surface area contributed by atoms with Crippen molar-refractivity contribution in [3.05, 3.63) is 40.5 Å². The van der Waals surface area contributed by atoms with Crippen LogP contribution >= 0.6 is 0 Å². The molecule has 0 radical (unpaired) electrons. The highest BCUT2D eigenvalue weighted by Crippen LogP contribution is 1.93. The van der Waals surface area contributed by atoms with Crippen LogP contribution in [0, 0.1) is 40.5 Å². The van der Waals surface area contributed by atoms with Gasteiger partial charge in [0.2, 0.25) is 0 Å². The Morgan fingerprint density at radius 3 is 1.17 bits per heavy atom. The van der Waals surface area contributed by atoms with E-state index < -0.39 is 43.7 Å². The molecule has 0 saturated carbocycles. The number of nitrogens with zero attached hydrogens (tertiary/aromatic N) is 8. The Balaban J connectivity index is 4.95. The summed E-state index contributed by atoms with van der Waals surface area (Å²) in [4.78, 5) is 36.2. The fourth-order valence-electron chi connectivity index (χ4n) is 0.949. The van der Waals surface area contributed by atoms with E-state index in [4.69, 9.17) is 11.5 Å². The van der Waals surface area contributed by atoms with Crippen LogP contribution in [0.5, 0.6) is 0 Å². The molecule has 130 valence electrons. The van der Waals surface area contributed by atoms with Crippen molar-refractivity contribution >= 4 is 24.1 Å². The van der Waals surface area contributed by atoms with Gasteiger partial charge in [-0.2, -0.15) is 10.2 Å². The van der Waals surface area contributed by atoms with Gasteiger partial charge < -0.3 is 11.5 Å². The number of amidine groups is 2. The number of nitro groups is 4. The van der Waals surface area contributed by atoms with Crippen LogP contribution in [0.2, 0.25) is 0 Å². The summed E-state index contributed by atoms with van der Waals surface area (Å²) >= 11 is 0. The molecule has 0 aromatic carbocycles. The molecule has 24 heavy (non-hydrogen) atoms. The molecule has 0 fully saturated rings. The van der Waals surface area contributed by atoms with Crippen LogP contribution in [0.15, 0.2) is 20.4 Å². The van der Waals surface area contributed by atoms with Crippen molar-refractivity contribution in [1.29, 1.82) is 0 Å². The minimum atomic E-state index is -2.49. The molecule has 0 aromatic heterocycles. The molecule has 18 heteroatoms. The van der Waals surface area contributed by atoms with Gasteiger partial charge in [0.15, 0.2) is 0 Å². The monoisotopic (exact) mass is 348 g/mol. The second-order valence-electron chi connectivity index (χ2n) is 3.47. The smallest absolute Gasteiger partial charge is 0.374 e. The summed E-state index contributed by atoms with van der Waals surface area (Å²) in [6.45, 7) is 0. The molecule has 0 saturated heterocycles. The Bertz CT molecular complexity index is 568. The van der Waals surface area contributed by atoms with Crippen molar-refractivity contribution in [2.75, 3.05) is 0 Å². The molecular formula is C6H8N10O8. The van der Waals surface area contributed by atoms with Gasteiger partial charge in [0, 0.05) is 0 Å². The summed E-state index contributed by atoms with van der Waals surface area (Å²) < 4.78 is 0. The van der Waals surface area contributed by atoms with Crippen molar-refractivity contribution in [3.8, 4) is 0 Å². The zero-order valence-corrected chi connectivity index (χ0v) is 11.3. The van der Waals surface area contributed by atoms with Crippen LogP contribution in [0.4, 0.5) is 0 Å². The highest BCUT2D eigenvalue weighted by Gasteiger charge is 2.38. The van der Waals surface area contributed by atoms with E-state index in [9.17, 15) is 40.5 Å². The minimum Gasteiger partial charge on any atom is -0.374 e. The number of nitrogens with two attached hydrogens (primary N) is 2. The number of hydrogen-bond donors (Lipinski definition) is 2. The molecule has 0 bridgehead atoms. The number of hydrogen-bond acceptors (Lipinski definition) is 12. The lowest BCUT2D eigenvalue weighted by molar-refractivity contribution is -0.720. The highest BCUT2D eigenvalue weighted by atomic mass is 16.7. The average molecular weight is 348 g/mol. The Labute approximate surface area is 129 Å². The second kappa shape index (κ2) is 9.01. The Morgan fingerprint density at radius 2 is 0.958 bits per heavy atom. The summed E-state index contributed by atoms with van der Waals surface area (Å²) in [5, 5.41) is 53.5. The van der Waals surface area contributed by atoms with Crippen LogP contribution < -0.4 is 11.5 Å². The van der Waals surface area contributed by atoms with Crippen LogP contribution in [-0.4, -0.2) is 56.1 Å². The van der Waals surface area contributed by atoms with E-state index in [1.165, 1.54) is 0 Å². The van der Waals surface area contributed by atoms with Crippen LogP contribution in [0.25, 0.3) is 0 Å². The Hall–Kier alpha value is -4.12. The highest BCUT2D eigenvalue weighted by molar-refractivity contribution is 6.16. The Morgan fingerprint density at radius 1 is 0.708 bits per heavy atom. The first kappa shape index (κ1) is 19.9. The third-order valence-corrected chi connectivity index (χ3v) is 1.87. The molecule has 0 aliphatic rings. The lowest BCUT2D eigenvalue weighted by Crippen LogP contribution is -2.41. The molecule has 18 nitrogen and oxygen atoms in total. The molecule has 0 amide bonds. The first-order valence-electron chi connectivity index (χ1n) is 5.35. The molecule has 0 rings (SSSR count). The summed E-state index contributed by atoms with van der Waals surface area (Å²) in [5.74, 6) is -2.06. The molecule has 0 unspecified atom stereocenters. The topological polar surface area (TPSA) is 274 Å². The minimum absolute atomic E-state index is 0.688. The lowest BCUT2D eigenvalue weighted by Gasteiger charge is -1.98. The van der Waals surface area contributed by atoms with Gasteiger partial charge in [0.25, 0.3) is 11.7 Å². The molecule has 0 spiro atoms. The molecule has 0 atom stereocenters. The van der Waals surface area contributed by atoms with E-state index in [-0.39, 0.29) is 0 Å². The normalized spacial score (nSPS) is 13.1. The summed E-state index contributed by atoms with van der Waals surface area (Å²) in [6, 6.07) is 0. The largest absolute Gasteiger partial charge is 0.508 e. The van der Waals surface area contributed by atoms with Gasteiger partial charge in [0.05, 0.1) is 12.4 Å². The van der Waals surface area contributed by atoms with Crippen molar-refractivity contribution in [1.82, 2.24) is 0 Å². The maximum atomic E-state index is 10.3. The SMILES string of the molecule is N\C(=N/N=C\C=N/N=C(\N)C([N+](=O)[O-])[N+](=O)[O-])C([N+](=O)[O-])[N+](=O)[O-]. The molecule has 4 N–H and O–H groups in total. The van der Waals surface area contributed by atoms with Gasteiger partial charge in [-0.05, 0) is 0 Å². The van der Waals surface area contributed by atoms with Gasteiger partial charge in [-0.25, -0.2) is 0 Å². The first-order valence-corrected chi connectivity index (χ1v) is 5.35. The van der Waals surface area contributed by atoms with Crippen LogP contribution in [0.3, 0.4) is 0 Å². The zero-order valence-electron chi connectivity index (χ0n) is 11.3. The van der Waals surface area contributed by atoms with Gasteiger partial charge >= 0.3 is 12.3 Å². The van der Waals surface area contributed by atoms with E-state index in [2.05, 4.69) is 20.4 Å². The summed E-state index contributed by atoms with van der Waals surface area (Å²) in [5.41, 5.74) is 10.0. The number of rotatable bonds is 9. The van der Waals surface area contributed by atoms with Gasteiger partial charge in [-0.1, -0.05) is 0 Å². The maximum absolute atomic E-state index is 10.3. The quantitative estimate of drug-likeness (QED) is 0.144. The molecular weight excluding hydrogens is 340 g/mol. The molecule has 0 aliphatic heterocycles. The van der Waals surface area contributed by atoms with E-state index in [0.29, 0.717) is 12.4 Å². The van der Waals surface area contributed by atoms with Crippen molar-refractivity contribution in [2.45, 2.75) is 12.3 Å². The first-order chi connectivity index (χ1) is 11.1. The van der Waals surface area contributed by atoms with Crippen molar-refractivity contribution in [2.24, 2.45) is 31.9 Å². The van der Waals surface area contributed by atoms with E-state index in [1.807, 2.05) is 0 Å². The second-order valence-corrected chi connectivity index (χ2v) is 3.47. The molecule has 0 heterocycles. The fourth-order valence-corrected chi connectivity index (χ4v) is 0.949. The van der Waals surface area contributed by atoms with Crippen molar-refractivity contribution in [3.63, 3.8) is 0 Å². The van der Waals surface area contributed by atoms with E-state index in [1.54, 1.807) is 0 Å². The van der Waals surface area contributed by atoms with Gasteiger partial charge in [-0.3, -0.25) is 40.5 Å². The van der Waals surface area contributed by atoms with Crippen LogP contribution in [-0.2, 0) is 0 Å². The van der Waals surface area contributed by atoms with Gasteiger partial charge in [0.1, 0.15) is 19.7 Å². The predicted molar refractivity (Wildman–Crippen MR) is 75.8 cm³/mol. The van der Waals surface area contributed by atoms with Crippen molar-refractivity contribution < 1.29 is 19.7 Å². The predicted octanol–water partition coefficient (Wildman–Crippen LogP) is -2.57. The van der Waals surface area contributed by atoms with Crippen LogP contribution in [0.1, 0.15) is 0 Å². The third-order valence-electron chi connectivity index (χ3n) is 1.87. The maximum Gasteiger partial charge on any atom is 0.508 e. The van der Waals surface area contributed by atoms with E-state index >= 15 is 0 Å². The third kappa shape index (κ3) is 6.11. The standard InChI is InChI=1S/C6H8N10O8/c7-3(5(13(17)18)14(19)20)11-9-1-2-10-12-4(8)6(15(21)22)16(23)24/h1-2,5-6H,(H2,7,11)(H2,8,12)/b9-1-,10-2-.